The summed E-state index contributed by atoms with van der Waals surface area (Å²) >= 11 is 0. The molecule has 0 radical (unpaired) electrons. The third kappa shape index (κ3) is 5.13. The lowest BCUT2D eigenvalue weighted by Crippen LogP contribution is -2.42. The van der Waals surface area contributed by atoms with Crippen molar-refractivity contribution in [3.8, 4) is 0 Å². The first kappa shape index (κ1) is 22.8. The number of aliphatic hydroxyl groups excluding tert-OH is 2. The Hall–Kier alpha value is -1.27. The summed E-state index contributed by atoms with van der Waals surface area (Å²) in [6.45, 7) is 10.1. The smallest absolute Gasteiger partial charge is 0.316 e. The fourth-order valence-electron chi connectivity index (χ4n) is 3.62. The van der Waals surface area contributed by atoms with Crippen LogP contribution in [0.25, 0.3) is 0 Å². The molecule has 0 aromatic rings. The third-order valence-corrected chi connectivity index (χ3v) is 5.99. The molecule has 8 unspecified atom stereocenters. The molecule has 26 heavy (non-hydrogen) atoms. The van der Waals surface area contributed by atoms with Crippen molar-refractivity contribution < 1.29 is 29.3 Å². The van der Waals surface area contributed by atoms with Gasteiger partial charge in [0.15, 0.2) is 5.78 Å². The first-order valence-electron chi connectivity index (χ1n) is 9.65. The maximum absolute atomic E-state index is 12.6. The quantitative estimate of drug-likeness (QED) is 0.542. The van der Waals surface area contributed by atoms with E-state index in [-0.39, 0.29) is 23.9 Å². The van der Waals surface area contributed by atoms with E-state index in [2.05, 4.69) is 0 Å². The second kappa shape index (κ2) is 9.60. The van der Waals surface area contributed by atoms with Crippen molar-refractivity contribution in [3.63, 3.8) is 0 Å². The Bertz CT molecular complexity index is 516. The van der Waals surface area contributed by atoms with E-state index in [1.807, 2.05) is 6.92 Å². The number of carbonyl (C=O) groups is 3. The number of ketones is 2. The van der Waals surface area contributed by atoms with Crippen molar-refractivity contribution in [2.75, 3.05) is 0 Å². The molecule has 0 aromatic heterocycles. The van der Waals surface area contributed by atoms with Gasteiger partial charge in [0.1, 0.15) is 17.8 Å². The number of cyclic esters (lactones) is 1. The predicted molar refractivity (Wildman–Crippen MR) is 97.3 cm³/mol. The van der Waals surface area contributed by atoms with Crippen LogP contribution in [0.15, 0.2) is 0 Å². The average Bonchev–Trinajstić information content (AvgIpc) is 2.64. The summed E-state index contributed by atoms with van der Waals surface area (Å²) < 4.78 is 5.49. The van der Waals surface area contributed by atoms with Gasteiger partial charge < -0.3 is 14.9 Å². The van der Waals surface area contributed by atoms with Gasteiger partial charge in [-0.1, -0.05) is 34.6 Å². The largest absolute Gasteiger partial charge is 0.461 e. The normalized spacial score (nSPS) is 41.5. The fourth-order valence-corrected chi connectivity index (χ4v) is 3.62. The van der Waals surface area contributed by atoms with Crippen molar-refractivity contribution >= 4 is 17.5 Å². The molecule has 150 valence electrons. The van der Waals surface area contributed by atoms with Crippen LogP contribution >= 0.6 is 0 Å². The van der Waals surface area contributed by atoms with Crippen LogP contribution in [-0.2, 0) is 19.1 Å². The Balaban J connectivity index is 3.16. The minimum Gasteiger partial charge on any atom is -0.461 e. The lowest BCUT2D eigenvalue weighted by atomic mass is 9.81. The third-order valence-electron chi connectivity index (χ3n) is 5.99. The number of aliphatic hydroxyl groups is 2. The van der Waals surface area contributed by atoms with Gasteiger partial charge in [-0.15, -0.1) is 0 Å². The Morgan fingerprint density at radius 2 is 1.54 bits per heavy atom. The average molecular weight is 370 g/mol. The van der Waals surface area contributed by atoms with Crippen LogP contribution in [0, 0.1) is 29.6 Å². The van der Waals surface area contributed by atoms with Gasteiger partial charge in [0.05, 0.1) is 12.2 Å². The summed E-state index contributed by atoms with van der Waals surface area (Å²) in [7, 11) is 0. The molecule has 1 fully saturated rings. The zero-order valence-electron chi connectivity index (χ0n) is 16.8. The lowest BCUT2D eigenvalue weighted by Gasteiger charge is -2.32. The van der Waals surface area contributed by atoms with Gasteiger partial charge in [0.25, 0.3) is 0 Å². The fraction of sp³-hybridized carbons (Fsp3) is 0.850. The summed E-state index contributed by atoms with van der Waals surface area (Å²) in [6, 6.07) is 0. The molecular formula is C20H34O6. The van der Waals surface area contributed by atoms with Crippen molar-refractivity contribution in [2.24, 2.45) is 29.6 Å². The second-order valence-corrected chi connectivity index (χ2v) is 7.91. The molecule has 1 heterocycles. The molecule has 1 aliphatic rings. The van der Waals surface area contributed by atoms with E-state index in [4.69, 9.17) is 4.74 Å². The molecular weight excluding hydrogens is 336 g/mol. The topological polar surface area (TPSA) is 101 Å². The van der Waals surface area contributed by atoms with Crippen LogP contribution in [0.1, 0.15) is 60.8 Å². The van der Waals surface area contributed by atoms with Gasteiger partial charge in [0.2, 0.25) is 0 Å². The van der Waals surface area contributed by atoms with E-state index >= 15 is 0 Å². The van der Waals surface area contributed by atoms with Crippen LogP contribution in [0.5, 0.6) is 0 Å². The molecule has 0 bridgehead atoms. The van der Waals surface area contributed by atoms with Crippen LogP contribution in [0.3, 0.4) is 0 Å². The van der Waals surface area contributed by atoms with Crippen molar-refractivity contribution in [3.05, 3.63) is 0 Å². The van der Waals surface area contributed by atoms with E-state index in [0.717, 1.165) is 0 Å². The standard InChI is InChI=1S/C20H34O6/c1-7-16-12(4)18(23)11(3)15(21)9-8-10(2)17(22)13(5)19(24)14(6)20(25)26-16/h10-14,16-18,22-23H,7-9H2,1-6H3. The van der Waals surface area contributed by atoms with E-state index in [1.54, 1.807) is 27.7 Å². The van der Waals surface area contributed by atoms with E-state index in [9.17, 15) is 24.6 Å². The lowest BCUT2D eigenvalue weighted by molar-refractivity contribution is -0.163. The van der Waals surface area contributed by atoms with Crippen molar-refractivity contribution in [1.29, 1.82) is 0 Å². The summed E-state index contributed by atoms with van der Waals surface area (Å²) in [5, 5.41) is 21.0. The first-order valence-corrected chi connectivity index (χ1v) is 9.65. The van der Waals surface area contributed by atoms with Gasteiger partial charge in [-0.2, -0.15) is 0 Å². The zero-order valence-corrected chi connectivity index (χ0v) is 16.8. The van der Waals surface area contributed by atoms with Gasteiger partial charge in [-0.25, -0.2) is 0 Å². The van der Waals surface area contributed by atoms with Gasteiger partial charge >= 0.3 is 5.97 Å². The predicted octanol–water partition coefficient (Wildman–Crippen LogP) is 2.14. The van der Waals surface area contributed by atoms with E-state index < -0.39 is 48.0 Å². The minimum atomic E-state index is -0.979. The maximum atomic E-state index is 12.6. The zero-order chi connectivity index (χ0) is 20.2. The number of hydrogen-bond acceptors (Lipinski definition) is 6. The molecule has 1 aliphatic heterocycles. The molecule has 2 N–H and O–H groups in total. The molecule has 0 aromatic carbocycles. The first-order chi connectivity index (χ1) is 12.0. The SMILES string of the molecule is CCC1OC(=O)C(C)C(=O)C(C)C(O)C(C)CCC(=O)C(C)C(O)C1C. The number of carbonyl (C=O) groups excluding carboxylic acids is 3. The highest BCUT2D eigenvalue weighted by Gasteiger charge is 2.38. The summed E-state index contributed by atoms with van der Waals surface area (Å²) in [4.78, 5) is 37.4. The number of esters is 1. The van der Waals surface area contributed by atoms with E-state index in [1.165, 1.54) is 6.92 Å². The number of ether oxygens (including phenoxy) is 1. The number of hydrogen-bond donors (Lipinski definition) is 2. The molecule has 6 nitrogen and oxygen atoms in total. The molecule has 0 aliphatic carbocycles. The number of rotatable bonds is 1. The highest BCUT2D eigenvalue weighted by atomic mass is 16.5. The second-order valence-electron chi connectivity index (χ2n) is 7.91. The Labute approximate surface area is 156 Å². The number of Topliss-reactive ketones (excluding diaryl/α,β-unsaturated/α-hetero) is 2. The molecule has 6 heteroatoms. The molecule has 0 saturated carbocycles. The molecule has 1 rings (SSSR count). The molecule has 8 atom stereocenters. The summed E-state index contributed by atoms with van der Waals surface area (Å²) in [6.07, 6.45) is -1.32. The van der Waals surface area contributed by atoms with Crippen molar-refractivity contribution in [1.82, 2.24) is 0 Å². The monoisotopic (exact) mass is 370 g/mol. The molecule has 0 amide bonds. The van der Waals surface area contributed by atoms with Crippen LogP contribution in [-0.4, -0.2) is 46.1 Å². The van der Waals surface area contributed by atoms with Gasteiger partial charge in [0, 0.05) is 24.2 Å². The summed E-state index contributed by atoms with van der Waals surface area (Å²) in [5.74, 6) is -4.07. The van der Waals surface area contributed by atoms with Gasteiger partial charge in [-0.05, 0) is 25.7 Å². The van der Waals surface area contributed by atoms with Crippen LogP contribution in [0.2, 0.25) is 0 Å². The highest BCUT2D eigenvalue weighted by molar-refractivity contribution is 5.99. The molecule has 1 saturated heterocycles. The molecule has 0 spiro atoms. The highest BCUT2D eigenvalue weighted by Crippen LogP contribution is 2.27. The van der Waals surface area contributed by atoms with E-state index in [0.29, 0.717) is 12.8 Å². The Morgan fingerprint density at radius 1 is 0.962 bits per heavy atom. The summed E-state index contributed by atoms with van der Waals surface area (Å²) in [5.41, 5.74) is 0. The Morgan fingerprint density at radius 3 is 2.08 bits per heavy atom. The van der Waals surface area contributed by atoms with Crippen LogP contribution in [0.4, 0.5) is 0 Å². The van der Waals surface area contributed by atoms with Crippen molar-refractivity contribution in [2.45, 2.75) is 79.1 Å². The Kier molecular flexibility index (Phi) is 8.41. The minimum absolute atomic E-state index is 0.0889. The van der Waals surface area contributed by atoms with Gasteiger partial charge in [-0.3, -0.25) is 14.4 Å². The van der Waals surface area contributed by atoms with Crippen LogP contribution < -0.4 is 0 Å². The maximum Gasteiger partial charge on any atom is 0.316 e.